The third-order valence-electron chi connectivity index (χ3n) is 2.84. The lowest BCUT2D eigenvalue weighted by Gasteiger charge is -2.00. The Morgan fingerprint density at radius 3 is 2.91 bits per heavy atom. The van der Waals surface area contributed by atoms with Crippen LogP contribution in [-0.2, 0) is 4.79 Å². The van der Waals surface area contributed by atoms with Crippen LogP contribution >= 0.6 is 23.1 Å². The van der Waals surface area contributed by atoms with E-state index in [2.05, 4.69) is 25.5 Å². The van der Waals surface area contributed by atoms with Crippen molar-refractivity contribution in [2.24, 2.45) is 0 Å². The van der Waals surface area contributed by atoms with Crippen molar-refractivity contribution in [1.29, 1.82) is 0 Å². The summed E-state index contributed by atoms with van der Waals surface area (Å²) in [6.07, 6.45) is 1.64. The molecule has 0 aliphatic carbocycles. The molecule has 3 rings (SSSR count). The molecule has 0 radical (unpaired) electrons. The van der Waals surface area contributed by atoms with E-state index in [-0.39, 0.29) is 11.7 Å². The number of hydrogen-bond donors (Lipinski definition) is 2. The van der Waals surface area contributed by atoms with Gasteiger partial charge >= 0.3 is 0 Å². The molecule has 0 spiro atoms. The third kappa shape index (κ3) is 4.08. The lowest BCUT2D eigenvalue weighted by atomic mass is 10.2. The second kappa shape index (κ2) is 7.25. The average Bonchev–Trinajstić information content (AvgIpc) is 3.25. The van der Waals surface area contributed by atoms with Gasteiger partial charge in [-0.25, -0.2) is 9.97 Å². The third-order valence-corrected chi connectivity index (χ3v) is 4.38. The number of amides is 1. The van der Waals surface area contributed by atoms with Crippen LogP contribution in [0.15, 0.2) is 41.0 Å². The van der Waals surface area contributed by atoms with E-state index in [1.54, 1.807) is 18.7 Å². The molecule has 7 nitrogen and oxygen atoms in total. The fourth-order valence-corrected chi connectivity index (χ4v) is 2.90. The van der Waals surface area contributed by atoms with Crippen molar-refractivity contribution in [3.05, 3.63) is 35.8 Å². The van der Waals surface area contributed by atoms with E-state index in [0.717, 1.165) is 11.3 Å². The number of aromatic amines is 1. The van der Waals surface area contributed by atoms with Crippen LogP contribution in [0.25, 0.3) is 11.4 Å². The molecule has 0 saturated heterocycles. The maximum absolute atomic E-state index is 11.8. The molecule has 0 fully saturated rings. The van der Waals surface area contributed by atoms with Gasteiger partial charge in [-0.15, -0.1) is 16.4 Å². The Labute approximate surface area is 140 Å². The van der Waals surface area contributed by atoms with E-state index in [9.17, 15) is 4.79 Å². The Morgan fingerprint density at radius 2 is 2.22 bits per heavy atom. The molecule has 118 valence electrons. The van der Waals surface area contributed by atoms with Crippen LogP contribution in [-0.4, -0.2) is 38.9 Å². The zero-order valence-electron chi connectivity index (χ0n) is 12.1. The highest BCUT2D eigenvalue weighted by Crippen LogP contribution is 2.21. The van der Waals surface area contributed by atoms with Crippen molar-refractivity contribution >= 4 is 34.1 Å². The number of benzene rings is 1. The Balaban J connectivity index is 1.57. The number of thioether (sulfide) groups is 1. The van der Waals surface area contributed by atoms with Crippen LogP contribution in [0.3, 0.4) is 0 Å². The zero-order chi connectivity index (χ0) is 16.1. The van der Waals surface area contributed by atoms with Gasteiger partial charge in [-0.2, -0.15) is 0 Å². The summed E-state index contributed by atoms with van der Waals surface area (Å²) in [7, 11) is 1.62. The highest BCUT2D eigenvalue weighted by Gasteiger charge is 2.10. The van der Waals surface area contributed by atoms with Gasteiger partial charge in [0.25, 0.3) is 0 Å². The summed E-state index contributed by atoms with van der Waals surface area (Å²) in [5.74, 6) is 1.51. The molecule has 0 unspecified atom stereocenters. The van der Waals surface area contributed by atoms with Crippen molar-refractivity contribution < 1.29 is 9.53 Å². The van der Waals surface area contributed by atoms with Gasteiger partial charge in [0.1, 0.15) is 5.75 Å². The second-order valence-corrected chi connectivity index (χ2v) is 6.21. The molecular formula is C14H13N5O2S2. The normalized spacial score (nSPS) is 10.5. The molecule has 3 aromatic rings. The number of aromatic nitrogens is 4. The first-order valence-corrected chi connectivity index (χ1v) is 8.50. The van der Waals surface area contributed by atoms with Crippen molar-refractivity contribution in [1.82, 2.24) is 20.2 Å². The summed E-state index contributed by atoms with van der Waals surface area (Å²) in [6.45, 7) is 0. The molecule has 0 atom stereocenters. The quantitative estimate of drug-likeness (QED) is 0.666. The molecule has 2 N–H and O–H groups in total. The van der Waals surface area contributed by atoms with E-state index in [0.29, 0.717) is 16.1 Å². The highest BCUT2D eigenvalue weighted by molar-refractivity contribution is 7.99. The van der Waals surface area contributed by atoms with E-state index in [1.165, 1.54) is 23.1 Å². The number of nitrogens with zero attached hydrogens (tertiary/aromatic N) is 3. The molecule has 0 aliphatic rings. The summed E-state index contributed by atoms with van der Waals surface area (Å²) in [4.78, 5) is 20.2. The van der Waals surface area contributed by atoms with Crippen LogP contribution in [0, 0.1) is 0 Å². The number of thiazole rings is 1. The van der Waals surface area contributed by atoms with Crippen LogP contribution < -0.4 is 10.1 Å². The van der Waals surface area contributed by atoms with Crippen molar-refractivity contribution in [2.75, 3.05) is 18.2 Å². The number of hydrogen-bond acceptors (Lipinski definition) is 7. The Morgan fingerprint density at radius 1 is 1.39 bits per heavy atom. The molecule has 0 aliphatic heterocycles. The van der Waals surface area contributed by atoms with Gasteiger partial charge in [0.05, 0.1) is 12.9 Å². The summed E-state index contributed by atoms with van der Waals surface area (Å²) >= 11 is 2.64. The largest absolute Gasteiger partial charge is 0.497 e. The Hall–Kier alpha value is -2.39. The van der Waals surface area contributed by atoms with E-state index < -0.39 is 0 Å². The molecule has 2 heterocycles. The molecule has 0 saturated carbocycles. The molecule has 23 heavy (non-hydrogen) atoms. The highest BCUT2D eigenvalue weighted by atomic mass is 32.2. The minimum absolute atomic E-state index is 0.138. The first-order chi connectivity index (χ1) is 11.2. The number of carbonyl (C=O) groups excluding carboxylic acids is 1. The number of ether oxygens (including phenoxy) is 1. The Bertz CT molecular complexity index is 771. The van der Waals surface area contributed by atoms with Crippen LogP contribution in [0.2, 0.25) is 0 Å². The molecule has 1 amide bonds. The topological polar surface area (TPSA) is 92.8 Å². The molecule has 2 aromatic heterocycles. The van der Waals surface area contributed by atoms with Gasteiger partial charge in [-0.05, 0) is 24.3 Å². The van der Waals surface area contributed by atoms with Gasteiger partial charge in [0.15, 0.2) is 11.0 Å². The smallest absolute Gasteiger partial charge is 0.236 e. The molecule has 0 bridgehead atoms. The van der Waals surface area contributed by atoms with Crippen LogP contribution in [0.4, 0.5) is 5.13 Å². The van der Waals surface area contributed by atoms with Gasteiger partial charge in [-0.3, -0.25) is 9.89 Å². The molecular weight excluding hydrogens is 334 g/mol. The maximum Gasteiger partial charge on any atom is 0.236 e. The van der Waals surface area contributed by atoms with Crippen molar-refractivity contribution in [3.8, 4) is 17.1 Å². The lowest BCUT2D eigenvalue weighted by molar-refractivity contribution is -0.113. The minimum Gasteiger partial charge on any atom is -0.497 e. The van der Waals surface area contributed by atoms with Crippen LogP contribution in [0.1, 0.15) is 0 Å². The average molecular weight is 347 g/mol. The van der Waals surface area contributed by atoms with E-state index in [1.807, 2.05) is 24.3 Å². The fourth-order valence-electron chi connectivity index (χ4n) is 1.76. The van der Waals surface area contributed by atoms with Crippen molar-refractivity contribution in [3.63, 3.8) is 0 Å². The second-order valence-electron chi connectivity index (χ2n) is 4.37. The zero-order valence-corrected chi connectivity index (χ0v) is 13.8. The fraction of sp³-hybridized carbons (Fsp3) is 0.143. The first kappa shape index (κ1) is 15.5. The molecule has 1 aromatic carbocycles. The minimum atomic E-state index is -0.138. The van der Waals surface area contributed by atoms with E-state index in [4.69, 9.17) is 4.74 Å². The predicted octanol–water partition coefficient (Wildman–Crippen LogP) is 2.67. The standard InChI is InChI=1S/C14H13N5O2S2/c1-21-10-4-2-9(3-5-10)12-17-14(19-18-12)23-8-11(20)16-13-15-6-7-22-13/h2-7H,8H2,1H3,(H,15,16,20)(H,17,18,19). The predicted molar refractivity (Wildman–Crippen MR) is 89.8 cm³/mol. The van der Waals surface area contributed by atoms with Crippen molar-refractivity contribution in [2.45, 2.75) is 5.16 Å². The van der Waals surface area contributed by atoms with Gasteiger partial charge in [0, 0.05) is 17.1 Å². The number of rotatable bonds is 6. The summed E-state index contributed by atoms with van der Waals surface area (Å²) in [5.41, 5.74) is 0.900. The van der Waals surface area contributed by atoms with Crippen LogP contribution in [0.5, 0.6) is 5.75 Å². The summed E-state index contributed by atoms with van der Waals surface area (Å²) in [6, 6.07) is 7.49. The summed E-state index contributed by atoms with van der Waals surface area (Å²) in [5, 5.41) is 12.6. The van der Waals surface area contributed by atoms with Gasteiger partial charge in [-0.1, -0.05) is 11.8 Å². The SMILES string of the molecule is COc1ccc(-c2nc(SCC(=O)Nc3nccs3)n[nH]2)cc1. The lowest BCUT2D eigenvalue weighted by Crippen LogP contribution is -2.13. The monoisotopic (exact) mass is 347 g/mol. The number of carbonyl (C=O) groups is 1. The number of nitrogens with one attached hydrogen (secondary N) is 2. The number of methoxy groups -OCH3 is 1. The molecule has 9 heteroatoms. The maximum atomic E-state index is 11.8. The van der Waals surface area contributed by atoms with Gasteiger partial charge < -0.3 is 10.1 Å². The first-order valence-electron chi connectivity index (χ1n) is 6.63. The number of H-pyrrole nitrogens is 1. The number of anilines is 1. The van der Waals surface area contributed by atoms with E-state index >= 15 is 0 Å². The summed E-state index contributed by atoms with van der Waals surface area (Å²) < 4.78 is 5.12. The Kier molecular flexibility index (Phi) is 4.89. The van der Waals surface area contributed by atoms with Gasteiger partial charge in [0.2, 0.25) is 11.1 Å².